The topological polar surface area (TPSA) is 26.3 Å². The fourth-order valence-electron chi connectivity index (χ4n) is 2.71. The van der Waals surface area contributed by atoms with Gasteiger partial charge in [-0.15, -0.1) is 0 Å². The van der Waals surface area contributed by atoms with Gasteiger partial charge in [0, 0.05) is 10.9 Å². The molecule has 3 heteroatoms. The van der Waals surface area contributed by atoms with E-state index in [2.05, 4.69) is 36.7 Å². The van der Waals surface area contributed by atoms with E-state index in [4.69, 9.17) is 4.74 Å². The third-order valence-corrected chi connectivity index (χ3v) is 4.72. The van der Waals surface area contributed by atoms with Gasteiger partial charge < -0.3 is 4.74 Å². The van der Waals surface area contributed by atoms with Crippen LogP contribution < -0.4 is 0 Å². The van der Waals surface area contributed by atoms with Crippen LogP contribution in [0.3, 0.4) is 0 Å². The van der Waals surface area contributed by atoms with Crippen molar-refractivity contribution in [2.24, 2.45) is 0 Å². The molecule has 0 saturated carbocycles. The first-order valence-corrected chi connectivity index (χ1v) is 11.0. The van der Waals surface area contributed by atoms with E-state index in [0.717, 1.165) is 25.7 Å². The van der Waals surface area contributed by atoms with E-state index in [9.17, 15) is 4.79 Å². The van der Waals surface area contributed by atoms with Crippen molar-refractivity contribution >= 4 is 21.9 Å². The molecule has 142 valence electrons. The molecule has 0 aromatic rings. The van der Waals surface area contributed by atoms with Gasteiger partial charge in [-0.1, -0.05) is 87.2 Å². The summed E-state index contributed by atoms with van der Waals surface area (Å²) in [6.45, 7) is 7.17. The maximum absolute atomic E-state index is 12.0. The second-order valence-electron chi connectivity index (χ2n) is 6.87. The Hall–Kier alpha value is -0.310. The Bertz CT molecular complexity index is 324. The third kappa shape index (κ3) is 16.5. The minimum absolute atomic E-state index is 0.136. The van der Waals surface area contributed by atoms with E-state index in [-0.39, 0.29) is 5.97 Å². The number of alkyl halides is 1. The van der Waals surface area contributed by atoms with Crippen molar-refractivity contribution in [2.75, 3.05) is 6.61 Å². The highest BCUT2D eigenvalue weighted by molar-refractivity contribution is 9.09. The van der Waals surface area contributed by atoms with Crippen LogP contribution in [0.4, 0.5) is 0 Å². The third-order valence-electron chi connectivity index (χ3n) is 4.27. The van der Waals surface area contributed by atoms with E-state index in [0.29, 0.717) is 11.4 Å². The molecule has 0 rings (SSSR count). The van der Waals surface area contributed by atoms with Crippen molar-refractivity contribution in [3.63, 3.8) is 0 Å². The Kier molecular flexibility index (Phi) is 17.3. The van der Waals surface area contributed by atoms with Crippen LogP contribution in [0.15, 0.2) is 11.6 Å². The van der Waals surface area contributed by atoms with Gasteiger partial charge in [0.05, 0.1) is 6.61 Å². The molecule has 0 bridgehead atoms. The van der Waals surface area contributed by atoms with E-state index in [1.807, 2.05) is 0 Å². The van der Waals surface area contributed by atoms with E-state index >= 15 is 0 Å². The lowest BCUT2D eigenvalue weighted by molar-refractivity contribution is -0.137. The Balaban J connectivity index is 3.98. The average Bonchev–Trinajstić information content (AvgIpc) is 2.55. The standard InChI is InChI=1S/C21H39BrO2/c1-4-6-8-9-12-16-20(15-7-5-2)18-21(23)24-17-13-10-11-14-19(3)22/h18-19H,4-17H2,1-3H3/b20-18+. The van der Waals surface area contributed by atoms with Crippen LogP contribution >= 0.6 is 15.9 Å². The molecule has 0 saturated heterocycles. The van der Waals surface area contributed by atoms with Crippen LogP contribution in [0.1, 0.15) is 104 Å². The molecule has 0 aromatic heterocycles. The first-order valence-electron chi connectivity index (χ1n) is 10.1. The van der Waals surface area contributed by atoms with Gasteiger partial charge >= 0.3 is 5.97 Å². The number of unbranched alkanes of at least 4 members (excludes halogenated alkanes) is 7. The van der Waals surface area contributed by atoms with Gasteiger partial charge in [-0.3, -0.25) is 0 Å². The molecule has 1 atom stereocenters. The van der Waals surface area contributed by atoms with Gasteiger partial charge in [0.1, 0.15) is 0 Å². The predicted molar refractivity (Wildman–Crippen MR) is 109 cm³/mol. The fourth-order valence-corrected chi connectivity index (χ4v) is 3.04. The summed E-state index contributed by atoms with van der Waals surface area (Å²) in [6.07, 6.45) is 17.1. The average molecular weight is 403 g/mol. The van der Waals surface area contributed by atoms with Crippen LogP contribution in [0.5, 0.6) is 0 Å². The smallest absolute Gasteiger partial charge is 0.330 e. The zero-order chi connectivity index (χ0) is 18.0. The fraction of sp³-hybridized carbons (Fsp3) is 0.857. The van der Waals surface area contributed by atoms with Gasteiger partial charge in [-0.25, -0.2) is 4.79 Å². The molecule has 0 heterocycles. The van der Waals surface area contributed by atoms with Crippen molar-refractivity contribution < 1.29 is 9.53 Å². The highest BCUT2D eigenvalue weighted by atomic mass is 79.9. The van der Waals surface area contributed by atoms with Crippen LogP contribution in [0.2, 0.25) is 0 Å². The number of hydrogen-bond acceptors (Lipinski definition) is 2. The number of halogens is 1. The maximum atomic E-state index is 12.0. The van der Waals surface area contributed by atoms with Crippen molar-refractivity contribution in [3.05, 3.63) is 11.6 Å². The number of esters is 1. The monoisotopic (exact) mass is 402 g/mol. The van der Waals surface area contributed by atoms with E-state index in [1.54, 1.807) is 6.08 Å². The van der Waals surface area contributed by atoms with Crippen molar-refractivity contribution in [2.45, 2.75) is 109 Å². The molecule has 0 fully saturated rings. The highest BCUT2D eigenvalue weighted by Gasteiger charge is 2.04. The molecule has 0 aliphatic heterocycles. The lowest BCUT2D eigenvalue weighted by Gasteiger charge is -2.08. The Labute approximate surface area is 158 Å². The first kappa shape index (κ1) is 23.7. The zero-order valence-corrected chi connectivity index (χ0v) is 17.8. The quantitative estimate of drug-likeness (QED) is 0.117. The minimum atomic E-state index is -0.136. The van der Waals surface area contributed by atoms with Gasteiger partial charge in [0.25, 0.3) is 0 Å². The SMILES string of the molecule is CCCCCCC/C(=C/C(=O)OCCCCCC(C)Br)CCCC. The van der Waals surface area contributed by atoms with Gasteiger partial charge in [-0.05, 0) is 38.5 Å². The lowest BCUT2D eigenvalue weighted by atomic mass is 10.0. The Morgan fingerprint density at radius 1 is 0.917 bits per heavy atom. The van der Waals surface area contributed by atoms with E-state index < -0.39 is 0 Å². The lowest BCUT2D eigenvalue weighted by Crippen LogP contribution is -2.04. The second kappa shape index (κ2) is 17.5. The summed E-state index contributed by atoms with van der Waals surface area (Å²) in [7, 11) is 0. The second-order valence-corrected chi connectivity index (χ2v) is 8.43. The molecular weight excluding hydrogens is 364 g/mol. The minimum Gasteiger partial charge on any atom is -0.463 e. The van der Waals surface area contributed by atoms with Crippen molar-refractivity contribution in [1.29, 1.82) is 0 Å². The van der Waals surface area contributed by atoms with Gasteiger partial charge in [-0.2, -0.15) is 0 Å². The molecule has 2 nitrogen and oxygen atoms in total. The number of hydrogen-bond donors (Lipinski definition) is 0. The number of rotatable bonds is 16. The molecule has 24 heavy (non-hydrogen) atoms. The molecule has 0 N–H and O–H groups in total. The summed E-state index contributed by atoms with van der Waals surface area (Å²) < 4.78 is 5.38. The number of ether oxygens (including phenoxy) is 1. The molecule has 0 amide bonds. The molecule has 1 unspecified atom stereocenters. The summed E-state index contributed by atoms with van der Waals surface area (Å²) in [4.78, 5) is 12.6. The van der Waals surface area contributed by atoms with Crippen LogP contribution in [0, 0.1) is 0 Å². The Morgan fingerprint density at radius 3 is 2.21 bits per heavy atom. The molecule has 0 spiro atoms. The molecule has 0 aromatic carbocycles. The van der Waals surface area contributed by atoms with E-state index in [1.165, 1.54) is 63.4 Å². The number of carbonyl (C=O) groups excluding carboxylic acids is 1. The van der Waals surface area contributed by atoms with Crippen molar-refractivity contribution in [3.8, 4) is 0 Å². The van der Waals surface area contributed by atoms with Crippen LogP contribution in [-0.4, -0.2) is 17.4 Å². The molecule has 0 radical (unpaired) electrons. The molecule has 0 aliphatic carbocycles. The Morgan fingerprint density at radius 2 is 1.54 bits per heavy atom. The highest BCUT2D eigenvalue weighted by Crippen LogP contribution is 2.17. The molecular formula is C21H39BrO2. The maximum Gasteiger partial charge on any atom is 0.330 e. The summed E-state index contributed by atoms with van der Waals surface area (Å²) in [6, 6.07) is 0. The summed E-state index contributed by atoms with van der Waals surface area (Å²) in [5.41, 5.74) is 1.28. The summed E-state index contributed by atoms with van der Waals surface area (Å²) >= 11 is 3.56. The first-order chi connectivity index (χ1) is 11.6. The van der Waals surface area contributed by atoms with Gasteiger partial charge in [0.15, 0.2) is 0 Å². The number of carbonyl (C=O) groups is 1. The zero-order valence-electron chi connectivity index (χ0n) is 16.2. The number of allylic oxidation sites excluding steroid dienone is 1. The normalized spacial score (nSPS) is 13.1. The van der Waals surface area contributed by atoms with Crippen LogP contribution in [-0.2, 0) is 9.53 Å². The summed E-state index contributed by atoms with van der Waals surface area (Å²) in [5, 5.41) is 0. The molecule has 0 aliphatic rings. The van der Waals surface area contributed by atoms with Gasteiger partial charge in [0.2, 0.25) is 0 Å². The largest absolute Gasteiger partial charge is 0.463 e. The summed E-state index contributed by atoms with van der Waals surface area (Å²) in [5.74, 6) is -0.136. The van der Waals surface area contributed by atoms with Crippen LogP contribution in [0.25, 0.3) is 0 Å². The van der Waals surface area contributed by atoms with Crippen molar-refractivity contribution in [1.82, 2.24) is 0 Å². The predicted octanol–water partition coefficient (Wildman–Crippen LogP) is 7.35.